The van der Waals surface area contributed by atoms with Gasteiger partial charge in [0.15, 0.2) is 5.65 Å². The molecule has 0 bridgehead atoms. The number of H-pyrrole nitrogens is 1. The van der Waals surface area contributed by atoms with Crippen molar-refractivity contribution < 1.29 is 0 Å². The molecule has 1 aromatic carbocycles. The van der Waals surface area contributed by atoms with E-state index >= 15 is 0 Å². The number of aromatic nitrogens is 4. The summed E-state index contributed by atoms with van der Waals surface area (Å²) in [6.45, 7) is 11.5. The molecule has 0 radical (unpaired) electrons. The number of aromatic amines is 1. The van der Waals surface area contributed by atoms with Crippen LogP contribution in [0.25, 0.3) is 11.0 Å². The second-order valence-electron chi connectivity index (χ2n) is 8.72. The molecule has 0 aliphatic carbocycles. The number of nitrogens with zero attached hydrogens (tertiary/aromatic N) is 5. The Hall–Kier alpha value is -3.41. The van der Waals surface area contributed by atoms with Crippen molar-refractivity contribution in [3.63, 3.8) is 0 Å². The minimum atomic E-state index is 0.657. The smallest absolute Gasteiger partial charge is 0.229 e. The standard InChI is InChI=1S/C26H30N6/c1-3-8-19(4-2)17-20-11-14-31(15-12-20)26-27-24-23-22(29-30-24)13-16-32(25(23)28-26)18-21-9-6-5-7-10-21/h3-10,20H,1-2,11-18H2,(H,27,28,29,30)/b19-8+. The van der Waals surface area contributed by atoms with E-state index in [-0.39, 0.29) is 0 Å². The summed E-state index contributed by atoms with van der Waals surface area (Å²) >= 11 is 0. The van der Waals surface area contributed by atoms with Gasteiger partial charge in [0.25, 0.3) is 0 Å². The minimum Gasteiger partial charge on any atom is -0.351 e. The quantitative estimate of drug-likeness (QED) is 0.549. The Morgan fingerprint density at radius 1 is 1.09 bits per heavy atom. The predicted octanol–water partition coefficient (Wildman–Crippen LogP) is 4.82. The van der Waals surface area contributed by atoms with Crippen molar-refractivity contribution in [2.24, 2.45) is 5.92 Å². The van der Waals surface area contributed by atoms with Crippen molar-refractivity contribution in [1.82, 2.24) is 20.2 Å². The third-order valence-electron chi connectivity index (χ3n) is 6.62. The molecule has 0 unspecified atom stereocenters. The van der Waals surface area contributed by atoms with E-state index in [1.165, 1.54) is 11.1 Å². The van der Waals surface area contributed by atoms with Gasteiger partial charge in [0.05, 0.1) is 11.1 Å². The number of benzene rings is 1. The van der Waals surface area contributed by atoms with Crippen LogP contribution >= 0.6 is 0 Å². The lowest BCUT2D eigenvalue weighted by atomic mass is 9.90. The molecule has 164 valence electrons. The first-order chi connectivity index (χ1) is 15.7. The molecule has 6 heteroatoms. The van der Waals surface area contributed by atoms with Crippen LogP contribution in [0.2, 0.25) is 0 Å². The second-order valence-corrected chi connectivity index (χ2v) is 8.72. The van der Waals surface area contributed by atoms with Crippen molar-refractivity contribution in [1.29, 1.82) is 0 Å². The zero-order valence-electron chi connectivity index (χ0n) is 18.5. The van der Waals surface area contributed by atoms with E-state index in [1.54, 1.807) is 0 Å². The Labute approximate surface area is 189 Å². The van der Waals surface area contributed by atoms with Crippen LogP contribution in [-0.4, -0.2) is 39.8 Å². The summed E-state index contributed by atoms with van der Waals surface area (Å²) in [7, 11) is 0. The first-order valence-corrected chi connectivity index (χ1v) is 11.5. The number of nitrogens with one attached hydrogen (secondary N) is 1. The summed E-state index contributed by atoms with van der Waals surface area (Å²) in [5.41, 5.74) is 4.48. The van der Waals surface area contributed by atoms with E-state index in [9.17, 15) is 0 Å². The van der Waals surface area contributed by atoms with Gasteiger partial charge in [-0.1, -0.05) is 61.7 Å². The van der Waals surface area contributed by atoms with Gasteiger partial charge in [-0.3, -0.25) is 5.10 Å². The summed E-state index contributed by atoms with van der Waals surface area (Å²) in [5.74, 6) is 2.47. The number of hydrogen-bond acceptors (Lipinski definition) is 5. The molecule has 32 heavy (non-hydrogen) atoms. The summed E-state index contributed by atoms with van der Waals surface area (Å²) in [5, 5.41) is 8.79. The largest absolute Gasteiger partial charge is 0.351 e. The highest BCUT2D eigenvalue weighted by Crippen LogP contribution is 2.34. The Balaban J connectivity index is 1.37. The maximum Gasteiger partial charge on any atom is 0.229 e. The van der Waals surface area contributed by atoms with E-state index in [2.05, 4.69) is 69.6 Å². The Morgan fingerprint density at radius 3 is 2.66 bits per heavy atom. The van der Waals surface area contributed by atoms with E-state index in [4.69, 9.17) is 9.97 Å². The van der Waals surface area contributed by atoms with Crippen LogP contribution < -0.4 is 9.80 Å². The highest BCUT2D eigenvalue weighted by atomic mass is 15.3. The van der Waals surface area contributed by atoms with Gasteiger partial charge < -0.3 is 9.80 Å². The first-order valence-electron chi connectivity index (χ1n) is 11.5. The maximum atomic E-state index is 5.08. The molecule has 0 atom stereocenters. The summed E-state index contributed by atoms with van der Waals surface area (Å²) in [6, 6.07) is 10.6. The van der Waals surface area contributed by atoms with Gasteiger partial charge in [0.2, 0.25) is 5.95 Å². The number of allylic oxidation sites excluding steroid dienone is 4. The molecule has 1 N–H and O–H groups in total. The lowest BCUT2D eigenvalue weighted by Gasteiger charge is -2.33. The number of rotatable bonds is 7. The topological polar surface area (TPSA) is 60.9 Å². The molecule has 5 rings (SSSR count). The van der Waals surface area contributed by atoms with Crippen LogP contribution in [-0.2, 0) is 13.0 Å². The van der Waals surface area contributed by atoms with E-state index in [1.807, 2.05) is 12.2 Å². The van der Waals surface area contributed by atoms with E-state index in [0.717, 1.165) is 80.4 Å². The van der Waals surface area contributed by atoms with Crippen LogP contribution in [0.15, 0.2) is 67.3 Å². The van der Waals surface area contributed by atoms with Crippen LogP contribution in [0.1, 0.15) is 30.5 Å². The summed E-state index contributed by atoms with van der Waals surface area (Å²) in [6.07, 6.45) is 10.1. The predicted molar refractivity (Wildman–Crippen MR) is 131 cm³/mol. The molecule has 2 aromatic heterocycles. The lowest BCUT2D eigenvalue weighted by Crippen LogP contribution is -2.36. The SMILES string of the molecule is C=C/C=C(\C=C)CC1CCN(c2nc3c4c([nH]nc4n2)CCN3Cc2ccccc2)CC1. The van der Waals surface area contributed by atoms with Gasteiger partial charge in [0.1, 0.15) is 5.82 Å². The number of anilines is 2. The highest BCUT2D eigenvalue weighted by Gasteiger charge is 2.27. The van der Waals surface area contributed by atoms with Gasteiger partial charge in [-0.2, -0.15) is 15.1 Å². The molecule has 0 amide bonds. The van der Waals surface area contributed by atoms with Gasteiger partial charge in [-0.05, 0) is 36.3 Å². The van der Waals surface area contributed by atoms with Crippen molar-refractivity contribution in [2.75, 3.05) is 29.4 Å². The number of hydrogen-bond donors (Lipinski definition) is 1. The molecule has 0 spiro atoms. The zero-order valence-corrected chi connectivity index (χ0v) is 18.5. The molecular weight excluding hydrogens is 396 g/mol. The molecule has 2 aliphatic rings. The molecule has 2 aliphatic heterocycles. The molecule has 4 heterocycles. The Bertz CT molecular complexity index is 1140. The third kappa shape index (κ3) is 4.05. The van der Waals surface area contributed by atoms with E-state index < -0.39 is 0 Å². The van der Waals surface area contributed by atoms with Gasteiger partial charge in [0, 0.05) is 32.6 Å². The normalized spacial score (nSPS) is 17.1. The van der Waals surface area contributed by atoms with Gasteiger partial charge in [-0.25, -0.2) is 0 Å². The van der Waals surface area contributed by atoms with Crippen molar-refractivity contribution in [3.8, 4) is 0 Å². The average molecular weight is 427 g/mol. The molecule has 1 fully saturated rings. The van der Waals surface area contributed by atoms with Gasteiger partial charge in [-0.15, -0.1) is 0 Å². The van der Waals surface area contributed by atoms with Gasteiger partial charge >= 0.3 is 0 Å². The van der Waals surface area contributed by atoms with Crippen molar-refractivity contribution in [2.45, 2.75) is 32.2 Å². The fraction of sp³-hybridized carbons (Fsp3) is 0.346. The third-order valence-corrected chi connectivity index (χ3v) is 6.62. The first kappa shape index (κ1) is 20.5. The van der Waals surface area contributed by atoms with Crippen molar-refractivity contribution in [3.05, 3.63) is 78.5 Å². The minimum absolute atomic E-state index is 0.657. The van der Waals surface area contributed by atoms with E-state index in [0.29, 0.717) is 5.92 Å². The second kappa shape index (κ2) is 8.99. The number of piperidine rings is 1. The molecular formula is C26H30N6. The molecule has 3 aromatic rings. The zero-order chi connectivity index (χ0) is 21.9. The lowest BCUT2D eigenvalue weighted by molar-refractivity contribution is 0.402. The monoisotopic (exact) mass is 426 g/mol. The fourth-order valence-electron chi connectivity index (χ4n) is 4.86. The molecule has 1 saturated heterocycles. The van der Waals surface area contributed by atoms with Crippen LogP contribution in [0.3, 0.4) is 0 Å². The average Bonchev–Trinajstić information content (AvgIpc) is 3.25. The van der Waals surface area contributed by atoms with Crippen LogP contribution in [0.5, 0.6) is 0 Å². The van der Waals surface area contributed by atoms with Crippen LogP contribution in [0.4, 0.5) is 11.8 Å². The summed E-state index contributed by atoms with van der Waals surface area (Å²) in [4.78, 5) is 14.6. The Kier molecular flexibility index (Phi) is 5.75. The maximum absolute atomic E-state index is 5.08. The molecule has 6 nitrogen and oxygen atoms in total. The fourth-order valence-corrected chi connectivity index (χ4v) is 4.86. The highest BCUT2D eigenvalue weighted by molar-refractivity contribution is 5.91. The van der Waals surface area contributed by atoms with Crippen molar-refractivity contribution >= 4 is 22.8 Å². The van der Waals surface area contributed by atoms with Crippen LogP contribution in [0, 0.1) is 5.92 Å². The Morgan fingerprint density at radius 2 is 1.91 bits per heavy atom. The molecule has 0 saturated carbocycles. The summed E-state index contributed by atoms with van der Waals surface area (Å²) < 4.78 is 0.